The third-order valence-corrected chi connectivity index (χ3v) is 4.19. The van der Waals surface area contributed by atoms with Crippen LogP contribution in [-0.4, -0.2) is 35.0 Å². The average Bonchev–Trinajstić information content (AvgIpc) is 2.15. The highest BCUT2D eigenvalue weighted by Crippen LogP contribution is 2.59. The predicted molar refractivity (Wildman–Crippen MR) is 58.1 cm³/mol. The fourth-order valence-corrected chi connectivity index (χ4v) is 3.47. The molecule has 0 aromatic heterocycles. The summed E-state index contributed by atoms with van der Waals surface area (Å²) in [5.74, 6) is -0.867. The molecule has 0 atom stereocenters. The Morgan fingerprint density at radius 3 is 2.06 bits per heavy atom. The van der Waals surface area contributed by atoms with Crippen LogP contribution < -0.4 is 0 Å². The van der Waals surface area contributed by atoms with Crippen molar-refractivity contribution in [1.82, 2.24) is 0 Å². The zero-order valence-electron chi connectivity index (χ0n) is 9.95. The van der Waals surface area contributed by atoms with Crippen LogP contribution in [-0.2, 0) is 9.53 Å². The molecule has 0 unspecified atom stereocenters. The number of hydrogen-bond donors (Lipinski definition) is 2. The number of rotatable bonds is 2. The van der Waals surface area contributed by atoms with E-state index in [-0.39, 0.29) is 5.41 Å². The van der Waals surface area contributed by atoms with Crippen molar-refractivity contribution in [1.29, 1.82) is 0 Å². The SMILES string of the molecule is CC1(C)CC(O)(C2(C(=O)O)CCOCC2)C1. The lowest BCUT2D eigenvalue weighted by Crippen LogP contribution is -2.64. The third-order valence-electron chi connectivity index (χ3n) is 4.19. The second kappa shape index (κ2) is 3.44. The summed E-state index contributed by atoms with van der Waals surface area (Å²) in [6.45, 7) is 5.01. The molecule has 2 aliphatic rings. The van der Waals surface area contributed by atoms with E-state index in [9.17, 15) is 15.0 Å². The van der Waals surface area contributed by atoms with E-state index < -0.39 is 17.0 Å². The normalized spacial score (nSPS) is 30.4. The smallest absolute Gasteiger partial charge is 0.312 e. The van der Waals surface area contributed by atoms with Gasteiger partial charge in [-0.3, -0.25) is 4.79 Å². The van der Waals surface area contributed by atoms with Crippen LogP contribution in [0.1, 0.15) is 39.5 Å². The molecule has 0 amide bonds. The Bertz CT molecular complexity index is 294. The fraction of sp³-hybridized carbons (Fsp3) is 0.917. The Morgan fingerprint density at radius 1 is 1.19 bits per heavy atom. The van der Waals surface area contributed by atoms with Crippen LogP contribution in [0.2, 0.25) is 0 Å². The van der Waals surface area contributed by atoms with E-state index in [0.717, 1.165) is 0 Å². The van der Waals surface area contributed by atoms with Gasteiger partial charge in [-0.05, 0) is 31.1 Å². The summed E-state index contributed by atoms with van der Waals surface area (Å²) in [5, 5.41) is 20.0. The summed E-state index contributed by atoms with van der Waals surface area (Å²) in [4.78, 5) is 11.5. The van der Waals surface area contributed by atoms with Gasteiger partial charge in [-0.15, -0.1) is 0 Å². The van der Waals surface area contributed by atoms with Crippen molar-refractivity contribution in [3.05, 3.63) is 0 Å². The van der Waals surface area contributed by atoms with Crippen molar-refractivity contribution >= 4 is 5.97 Å². The maximum Gasteiger partial charge on any atom is 0.312 e. The number of aliphatic hydroxyl groups is 1. The summed E-state index contributed by atoms with van der Waals surface area (Å²) >= 11 is 0. The third kappa shape index (κ3) is 1.55. The molecule has 0 spiro atoms. The number of carbonyl (C=O) groups is 1. The number of hydrogen-bond acceptors (Lipinski definition) is 3. The van der Waals surface area contributed by atoms with E-state index in [0.29, 0.717) is 38.9 Å². The van der Waals surface area contributed by atoms with E-state index in [2.05, 4.69) is 13.8 Å². The minimum atomic E-state index is -1.04. The van der Waals surface area contributed by atoms with Crippen LogP contribution >= 0.6 is 0 Å². The van der Waals surface area contributed by atoms with Crippen LogP contribution in [0.4, 0.5) is 0 Å². The van der Waals surface area contributed by atoms with Gasteiger partial charge < -0.3 is 14.9 Å². The van der Waals surface area contributed by atoms with Crippen molar-refractivity contribution < 1.29 is 19.7 Å². The highest BCUT2D eigenvalue weighted by atomic mass is 16.5. The first-order chi connectivity index (χ1) is 7.31. The lowest BCUT2D eigenvalue weighted by atomic mass is 9.49. The lowest BCUT2D eigenvalue weighted by Gasteiger charge is -2.58. The van der Waals surface area contributed by atoms with E-state index >= 15 is 0 Å². The monoisotopic (exact) mass is 228 g/mol. The molecule has 0 bridgehead atoms. The molecular weight excluding hydrogens is 208 g/mol. The van der Waals surface area contributed by atoms with Gasteiger partial charge in [0.1, 0.15) is 5.41 Å². The van der Waals surface area contributed by atoms with Gasteiger partial charge >= 0.3 is 5.97 Å². The summed E-state index contributed by atoms with van der Waals surface area (Å²) in [6, 6.07) is 0. The number of aliphatic carboxylic acids is 1. The predicted octanol–water partition coefficient (Wildman–Crippen LogP) is 1.42. The Morgan fingerprint density at radius 2 is 1.69 bits per heavy atom. The Balaban J connectivity index is 2.23. The number of carboxylic acids is 1. The molecule has 1 saturated carbocycles. The van der Waals surface area contributed by atoms with E-state index in [1.165, 1.54) is 0 Å². The van der Waals surface area contributed by atoms with E-state index in [4.69, 9.17) is 4.74 Å². The first-order valence-corrected chi connectivity index (χ1v) is 5.85. The summed E-state index contributed by atoms with van der Waals surface area (Å²) in [5.41, 5.74) is -1.96. The molecule has 1 aliphatic heterocycles. The maximum atomic E-state index is 11.5. The summed E-state index contributed by atoms with van der Waals surface area (Å²) < 4.78 is 5.22. The number of carboxylic acid groups (broad SMARTS) is 1. The largest absolute Gasteiger partial charge is 0.481 e. The molecule has 0 radical (unpaired) electrons. The molecule has 2 fully saturated rings. The first-order valence-electron chi connectivity index (χ1n) is 5.85. The molecule has 16 heavy (non-hydrogen) atoms. The highest BCUT2D eigenvalue weighted by molar-refractivity contribution is 5.77. The molecule has 0 aromatic carbocycles. The van der Waals surface area contributed by atoms with Gasteiger partial charge in [0.2, 0.25) is 0 Å². The molecule has 1 saturated heterocycles. The van der Waals surface area contributed by atoms with Crippen LogP contribution in [0.5, 0.6) is 0 Å². The average molecular weight is 228 g/mol. The molecule has 0 aromatic rings. The molecule has 4 heteroatoms. The zero-order chi connectivity index (χ0) is 12.0. The Hall–Kier alpha value is -0.610. The second-order valence-corrected chi connectivity index (χ2v) is 6.05. The zero-order valence-corrected chi connectivity index (χ0v) is 9.95. The van der Waals surface area contributed by atoms with Crippen molar-refractivity contribution in [2.45, 2.75) is 45.1 Å². The van der Waals surface area contributed by atoms with Crippen LogP contribution in [0.3, 0.4) is 0 Å². The Labute approximate surface area is 95.6 Å². The van der Waals surface area contributed by atoms with Crippen molar-refractivity contribution in [3.63, 3.8) is 0 Å². The van der Waals surface area contributed by atoms with Crippen molar-refractivity contribution in [3.8, 4) is 0 Å². The fourth-order valence-electron chi connectivity index (χ4n) is 3.47. The minimum absolute atomic E-state index is 0.0650. The van der Waals surface area contributed by atoms with Crippen LogP contribution in [0.15, 0.2) is 0 Å². The van der Waals surface area contributed by atoms with Gasteiger partial charge in [-0.2, -0.15) is 0 Å². The standard InChI is InChI=1S/C12H20O4/c1-10(2)7-12(15,8-10)11(9(13)14)3-5-16-6-4-11/h15H,3-8H2,1-2H3,(H,13,14). The van der Waals surface area contributed by atoms with Gasteiger partial charge in [0.05, 0.1) is 5.60 Å². The van der Waals surface area contributed by atoms with Gasteiger partial charge in [-0.1, -0.05) is 13.8 Å². The maximum absolute atomic E-state index is 11.5. The molecule has 2 rings (SSSR count). The summed E-state index contributed by atoms with van der Waals surface area (Å²) in [6.07, 6.45) is 2.00. The highest BCUT2D eigenvalue weighted by Gasteiger charge is 2.64. The molecule has 2 N–H and O–H groups in total. The van der Waals surface area contributed by atoms with E-state index in [1.54, 1.807) is 0 Å². The molecule has 1 aliphatic carbocycles. The minimum Gasteiger partial charge on any atom is -0.481 e. The molecule has 4 nitrogen and oxygen atoms in total. The van der Waals surface area contributed by atoms with Crippen molar-refractivity contribution in [2.75, 3.05) is 13.2 Å². The van der Waals surface area contributed by atoms with Gasteiger partial charge in [0.25, 0.3) is 0 Å². The quantitative estimate of drug-likeness (QED) is 0.750. The van der Waals surface area contributed by atoms with Crippen molar-refractivity contribution in [2.24, 2.45) is 10.8 Å². The topological polar surface area (TPSA) is 66.8 Å². The lowest BCUT2D eigenvalue weighted by molar-refractivity contribution is -0.227. The summed E-state index contributed by atoms with van der Waals surface area (Å²) in [7, 11) is 0. The van der Waals surface area contributed by atoms with E-state index in [1.807, 2.05) is 0 Å². The van der Waals surface area contributed by atoms with Crippen LogP contribution in [0.25, 0.3) is 0 Å². The Kier molecular flexibility index (Phi) is 2.55. The molecule has 1 heterocycles. The second-order valence-electron chi connectivity index (χ2n) is 6.05. The first kappa shape index (κ1) is 11.9. The molecule has 92 valence electrons. The number of ether oxygens (including phenoxy) is 1. The molecular formula is C12H20O4. The van der Waals surface area contributed by atoms with Crippen LogP contribution in [0, 0.1) is 10.8 Å². The van der Waals surface area contributed by atoms with Gasteiger partial charge in [0.15, 0.2) is 0 Å². The van der Waals surface area contributed by atoms with Gasteiger partial charge in [0, 0.05) is 13.2 Å². The van der Waals surface area contributed by atoms with Gasteiger partial charge in [-0.25, -0.2) is 0 Å².